The Kier molecular flexibility index (Phi) is 6.45. The fraction of sp³-hybridized carbons (Fsp3) is 0.571. The van der Waals surface area contributed by atoms with Gasteiger partial charge in [-0.25, -0.2) is 0 Å². The normalized spacial score (nSPS) is 14.4. The van der Waals surface area contributed by atoms with E-state index in [9.17, 15) is 0 Å². The van der Waals surface area contributed by atoms with Crippen molar-refractivity contribution in [3.63, 3.8) is 0 Å². The van der Waals surface area contributed by atoms with Crippen LogP contribution in [0.5, 0.6) is 5.75 Å². The Hall–Kier alpha value is -0.670. The first-order chi connectivity index (χ1) is 8.22. The summed E-state index contributed by atoms with van der Waals surface area (Å²) < 4.78 is 5.19. The van der Waals surface area contributed by atoms with Crippen LogP contribution in [0.25, 0.3) is 0 Å². The van der Waals surface area contributed by atoms with Gasteiger partial charge in [0.1, 0.15) is 5.75 Å². The van der Waals surface area contributed by atoms with Crippen LogP contribution < -0.4 is 10.1 Å². The van der Waals surface area contributed by atoms with E-state index >= 15 is 0 Å². The van der Waals surface area contributed by atoms with Gasteiger partial charge in [0.15, 0.2) is 0 Å². The first kappa shape index (κ1) is 14.4. The van der Waals surface area contributed by atoms with Gasteiger partial charge in [0, 0.05) is 11.3 Å². The number of thioether (sulfide) groups is 1. The molecule has 2 nitrogen and oxygen atoms in total. The van der Waals surface area contributed by atoms with Gasteiger partial charge < -0.3 is 10.1 Å². The molecule has 0 spiro atoms. The molecule has 0 saturated carbocycles. The van der Waals surface area contributed by atoms with Crippen molar-refractivity contribution in [1.29, 1.82) is 0 Å². The zero-order valence-electron chi connectivity index (χ0n) is 11.2. The molecule has 0 amide bonds. The van der Waals surface area contributed by atoms with Crippen molar-refractivity contribution in [1.82, 2.24) is 5.32 Å². The van der Waals surface area contributed by atoms with Crippen LogP contribution >= 0.6 is 11.8 Å². The monoisotopic (exact) mass is 253 g/mol. The number of nitrogens with one attached hydrogen (secondary N) is 1. The number of ether oxygens (including phenoxy) is 1. The largest absolute Gasteiger partial charge is 0.497 e. The third-order valence-corrected chi connectivity index (χ3v) is 3.93. The van der Waals surface area contributed by atoms with E-state index in [1.807, 2.05) is 23.9 Å². The molecule has 1 N–H and O–H groups in total. The van der Waals surface area contributed by atoms with E-state index in [1.54, 1.807) is 7.11 Å². The van der Waals surface area contributed by atoms with Crippen LogP contribution in [0.1, 0.15) is 32.4 Å². The summed E-state index contributed by atoms with van der Waals surface area (Å²) in [4.78, 5) is 0. The molecule has 2 atom stereocenters. The van der Waals surface area contributed by atoms with Crippen molar-refractivity contribution in [2.45, 2.75) is 32.1 Å². The molecule has 96 valence electrons. The van der Waals surface area contributed by atoms with Crippen LogP contribution in [0.4, 0.5) is 0 Å². The quantitative estimate of drug-likeness (QED) is 0.804. The molecular weight excluding hydrogens is 230 g/mol. The number of hydrogen-bond acceptors (Lipinski definition) is 3. The maximum absolute atomic E-state index is 5.19. The SMILES string of the molecule is CCNC(c1ccc(OC)cc1)C(C)SCC. The maximum Gasteiger partial charge on any atom is 0.118 e. The Morgan fingerprint density at radius 2 is 1.88 bits per heavy atom. The van der Waals surface area contributed by atoms with E-state index in [0.717, 1.165) is 18.0 Å². The lowest BCUT2D eigenvalue weighted by Gasteiger charge is -2.24. The first-order valence-corrected chi connectivity index (χ1v) is 7.26. The summed E-state index contributed by atoms with van der Waals surface area (Å²) >= 11 is 1.99. The van der Waals surface area contributed by atoms with Gasteiger partial charge in [0.25, 0.3) is 0 Å². The summed E-state index contributed by atoms with van der Waals surface area (Å²) in [5.41, 5.74) is 1.33. The topological polar surface area (TPSA) is 21.3 Å². The number of benzene rings is 1. The van der Waals surface area contributed by atoms with E-state index in [0.29, 0.717) is 11.3 Å². The maximum atomic E-state index is 5.19. The van der Waals surface area contributed by atoms with Gasteiger partial charge in [0.2, 0.25) is 0 Å². The highest BCUT2D eigenvalue weighted by atomic mass is 32.2. The molecule has 0 radical (unpaired) electrons. The highest BCUT2D eigenvalue weighted by Crippen LogP contribution is 2.27. The zero-order valence-corrected chi connectivity index (χ0v) is 12.0. The number of rotatable bonds is 7. The second kappa shape index (κ2) is 7.62. The minimum atomic E-state index is 0.413. The lowest BCUT2D eigenvalue weighted by molar-refractivity contribution is 0.414. The lowest BCUT2D eigenvalue weighted by Crippen LogP contribution is -2.28. The van der Waals surface area contributed by atoms with Crippen molar-refractivity contribution >= 4 is 11.8 Å². The molecule has 1 aromatic rings. The molecule has 0 fully saturated rings. The third-order valence-electron chi connectivity index (χ3n) is 2.80. The predicted molar refractivity (Wildman–Crippen MR) is 77.0 cm³/mol. The second-order valence-corrected chi connectivity index (χ2v) is 5.62. The Morgan fingerprint density at radius 1 is 1.24 bits per heavy atom. The average Bonchev–Trinajstić information content (AvgIpc) is 2.36. The molecule has 0 aliphatic rings. The fourth-order valence-electron chi connectivity index (χ4n) is 1.95. The average molecular weight is 253 g/mol. The Balaban J connectivity index is 2.80. The molecule has 17 heavy (non-hydrogen) atoms. The van der Waals surface area contributed by atoms with Crippen LogP contribution in [0.15, 0.2) is 24.3 Å². The van der Waals surface area contributed by atoms with Crippen molar-refractivity contribution in [2.75, 3.05) is 19.4 Å². The van der Waals surface area contributed by atoms with E-state index < -0.39 is 0 Å². The highest BCUT2D eigenvalue weighted by Gasteiger charge is 2.17. The molecule has 0 heterocycles. The van der Waals surface area contributed by atoms with Gasteiger partial charge >= 0.3 is 0 Å². The fourth-order valence-corrected chi connectivity index (χ4v) is 2.92. The minimum absolute atomic E-state index is 0.413. The molecule has 0 aliphatic carbocycles. The Bertz CT molecular complexity index is 313. The van der Waals surface area contributed by atoms with Crippen molar-refractivity contribution in [2.24, 2.45) is 0 Å². The summed E-state index contributed by atoms with van der Waals surface area (Å²) in [5, 5.41) is 4.14. The van der Waals surface area contributed by atoms with Gasteiger partial charge in [0.05, 0.1) is 7.11 Å². The third kappa shape index (κ3) is 4.25. The number of hydrogen-bond donors (Lipinski definition) is 1. The molecular formula is C14H23NOS. The second-order valence-electron chi connectivity index (χ2n) is 3.97. The van der Waals surface area contributed by atoms with Gasteiger partial charge in [-0.2, -0.15) is 11.8 Å². The van der Waals surface area contributed by atoms with Crippen molar-refractivity contribution < 1.29 is 4.74 Å². The molecule has 0 bridgehead atoms. The molecule has 0 saturated heterocycles. The van der Waals surface area contributed by atoms with Crippen molar-refractivity contribution in [3.05, 3.63) is 29.8 Å². The minimum Gasteiger partial charge on any atom is -0.497 e. The summed E-state index contributed by atoms with van der Waals surface area (Å²) in [5.74, 6) is 2.07. The molecule has 0 aliphatic heterocycles. The van der Waals surface area contributed by atoms with Crippen LogP contribution in [-0.2, 0) is 0 Å². The van der Waals surface area contributed by atoms with E-state index in [4.69, 9.17) is 4.74 Å². The van der Waals surface area contributed by atoms with Gasteiger partial charge in [-0.05, 0) is 30.0 Å². The van der Waals surface area contributed by atoms with Gasteiger partial charge in [-0.3, -0.25) is 0 Å². The molecule has 2 unspecified atom stereocenters. The van der Waals surface area contributed by atoms with E-state index in [1.165, 1.54) is 5.56 Å². The summed E-state index contributed by atoms with van der Waals surface area (Å²) in [6, 6.07) is 8.78. The molecule has 0 aromatic heterocycles. The smallest absolute Gasteiger partial charge is 0.118 e. The molecule has 3 heteroatoms. The van der Waals surface area contributed by atoms with Gasteiger partial charge in [-0.15, -0.1) is 0 Å². The highest BCUT2D eigenvalue weighted by molar-refractivity contribution is 7.99. The van der Waals surface area contributed by atoms with Crippen LogP contribution in [-0.4, -0.2) is 24.7 Å². The summed E-state index contributed by atoms with van der Waals surface area (Å²) in [6.45, 7) is 7.63. The zero-order chi connectivity index (χ0) is 12.7. The summed E-state index contributed by atoms with van der Waals surface area (Å²) in [6.07, 6.45) is 0. The Morgan fingerprint density at radius 3 is 2.35 bits per heavy atom. The molecule has 1 aromatic carbocycles. The molecule has 1 rings (SSSR count). The predicted octanol–water partition coefficient (Wildman–Crippen LogP) is 3.49. The Labute approximate surface area is 109 Å². The van der Waals surface area contributed by atoms with Crippen molar-refractivity contribution in [3.8, 4) is 5.75 Å². The van der Waals surface area contributed by atoms with E-state index in [-0.39, 0.29) is 0 Å². The van der Waals surface area contributed by atoms with Gasteiger partial charge in [-0.1, -0.05) is 32.9 Å². The van der Waals surface area contributed by atoms with Crippen LogP contribution in [0, 0.1) is 0 Å². The van der Waals surface area contributed by atoms with Crippen LogP contribution in [0.3, 0.4) is 0 Å². The van der Waals surface area contributed by atoms with E-state index in [2.05, 4.69) is 38.2 Å². The number of methoxy groups -OCH3 is 1. The first-order valence-electron chi connectivity index (χ1n) is 6.21. The lowest BCUT2D eigenvalue weighted by atomic mass is 10.0. The standard InChI is InChI=1S/C14H23NOS/c1-5-15-14(11(3)17-6-2)12-7-9-13(16-4)10-8-12/h7-11,14-15H,5-6H2,1-4H3. The van der Waals surface area contributed by atoms with Crippen LogP contribution in [0.2, 0.25) is 0 Å². The summed E-state index contributed by atoms with van der Waals surface area (Å²) in [7, 11) is 1.70.